The molecule has 2 aliphatic rings. The number of aryl methyl sites for hydroxylation is 2. The molecule has 1 saturated heterocycles. The van der Waals surface area contributed by atoms with Gasteiger partial charge in [-0.1, -0.05) is 0 Å². The normalized spacial score (nSPS) is 20.7. The van der Waals surface area contributed by atoms with Gasteiger partial charge in [-0.25, -0.2) is 0 Å². The Hall–Kier alpha value is -2.12. The highest BCUT2D eigenvalue weighted by Crippen LogP contribution is 2.18. The van der Waals surface area contributed by atoms with Crippen molar-refractivity contribution in [1.29, 1.82) is 0 Å². The van der Waals surface area contributed by atoms with Crippen LogP contribution in [-0.2, 0) is 36.2 Å². The number of aromatic nitrogens is 3. The Kier molecular flexibility index (Phi) is 5.31. The van der Waals surface area contributed by atoms with Crippen LogP contribution in [-0.4, -0.2) is 62.4 Å². The Morgan fingerprint density at radius 3 is 2.85 bits per heavy atom. The summed E-state index contributed by atoms with van der Waals surface area (Å²) in [5, 5.41) is 4.46. The number of likely N-dealkylation sites (tertiary alicyclic amines) is 1. The van der Waals surface area contributed by atoms with Crippen LogP contribution < -0.4 is 0 Å². The van der Waals surface area contributed by atoms with Crippen LogP contribution in [0.4, 0.5) is 0 Å². The SMILES string of the molecule is Cc1cc(CN2Cc3cccn3CC(OCC(=O)N3CCCC3)C2)n(C)n1. The van der Waals surface area contributed by atoms with E-state index in [0.717, 1.165) is 57.8 Å². The molecule has 1 fully saturated rings. The van der Waals surface area contributed by atoms with Crippen molar-refractivity contribution in [3.8, 4) is 0 Å². The second kappa shape index (κ2) is 7.86. The predicted molar refractivity (Wildman–Crippen MR) is 102 cm³/mol. The highest BCUT2D eigenvalue weighted by Gasteiger charge is 2.25. The number of ether oxygens (including phenoxy) is 1. The number of amides is 1. The fourth-order valence-electron chi connectivity index (χ4n) is 4.14. The Labute approximate surface area is 160 Å². The maximum Gasteiger partial charge on any atom is 0.248 e. The molecule has 0 aromatic carbocycles. The first-order valence-electron chi connectivity index (χ1n) is 9.84. The van der Waals surface area contributed by atoms with Gasteiger partial charge in [0.2, 0.25) is 5.91 Å². The molecule has 1 unspecified atom stereocenters. The third-order valence-corrected chi connectivity index (χ3v) is 5.56. The van der Waals surface area contributed by atoms with E-state index < -0.39 is 0 Å². The number of fused-ring (bicyclic) bond motifs is 1. The van der Waals surface area contributed by atoms with E-state index in [-0.39, 0.29) is 18.6 Å². The molecule has 7 nitrogen and oxygen atoms in total. The average molecular weight is 371 g/mol. The maximum absolute atomic E-state index is 12.4. The van der Waals surface area contributed by atoms with Gasteiger partial charge >= 0.3 is 0 Å². The lowest BCUT2D eigenvalue weighted by molar-refractivity contribution is -0.137. The highest BCUT2D eigenvalue weighted by molar-refractivity contribution is 5.77. The third kappa shape index (κ3) is 4.25. The largest absolute Gasteiger partial charge is 0.365 e. The van der Waals surface area contributed by atoms with E-state index in [4.69, 9.17) is 4.74 Å². The molecule has 27 heavy (non-hydrogen) atoms. The molecule has 2 aromatic heterocycles. The molecule has 0 spiro atoms. The monoisotopic (exact) mass is 371 g/mol. The topological polar surface area (TPSA) is 55.5 Å². The molecule has 1 amide bonds. The van der Waals surface area contributed by atoms with Crippen LogP contribution in [0.2, 0.25) is 0 Å². The van der Waals surface area contributed by atoms with E-state index >= 15 is 0 Å². The molecule has 0 bridgehead atoms. The number of hydrogen-bond donors (Lipinski definition) is 0. The second-order valence-electron chi connectivity index (χ2n) is 7.74. The summed E-state index contributed by atoms with van der Waals surface area (Å²) in [4.78, 5) is 16.7. The lowest BCUT2D eigenvalue weighted by Gasteiger charge is -2.25. The number of rotatable bonds is 5. The fraction of sp³-hybridized carbons (Fsp3) is 0.600. The van der Waals surface area contributed by atoms with E-state index in [1.165, 1.54) is 11.4 Å². The number of nitrogens with zero attached hydrogens (tertiary/aromatic N) is 5. The number of carbonyl (C=O) groups excluding carboxylic acids is 1. The molecule has 1 atom stereocenters. The third-order valence-electron chi connectivity index (χ3n) is 5.56. The lowest BCUT2D eigenvalue weighted by atomic mass is 10.3. The summed E-state index contributed by atoms with van der Waals surface area (Å²) in [5.74, 6) is 0.123. The van der Waals surface area contributed by atoms with Crippen LogP contribution >= 0.6 is 0 Å². The quantitative estimate of drug-likeness (QED) is 0.800. The zero-order chi connectivity index (χ0) is 18.8. The summed E-state index contributed by atoms with van der Waals surface area (Å²) in [6, 6.07) is 6.38. The molecule has 0 saturated carbocycles. The Balaban J connectivity index is 1.43. The fourth-order valence-corrected chi connectivity index (χ4v) is 4.14. The Bertz CT molecular complexity index is 790. The minimum atomic E-state index is -0.000437. The number of hydrogen-bond acceptors (Lipinski definition) is 4. The zero-order valence-electron chi connectivity index (χ0n) is 16.3. The standard InChI is InChI=1S/C20H29N5O2/c1-16-10-18(22(2)21-16)12-23-11-17-6-5-9-25(17)14-19(13-23)27-15-20(26)24-7-3-4-8-24/h5-6,9-10,19H,3-4,7-8,11-15H2,1-2H3. The van der Waals surface area contributed by atoms with Crippen LogP contribution in [0, 0.1) is 6.92 Å². The molecule has 2 aliphatic heterocycles. The Morgan fingerprint density at radius 2 is 2.11 bits per heavy atom. The predicted octanol–water partition coefficient (Wildman–Crippen LogP) is 1.55. The van der Waals surface area contributed by atoms with Crippen molar-refractivity contribution in [2.45, 2.75) is 45.5 Å². The van der Waals surface area contributed by atoms with Gasteiger partial charge in [0.15, 0.2) is 0 Å². The van der Waals surface area contributed by atoms with Crippen molar-refractivity contribution in [1.82, 2.24) is 24.1 Å². The van der Waals surface area contributed by atoms with Gasteiger partial charge in [0.1, 0.15) is 6.61 Å². The second-order valence-corrected chi connectivity index (χ2v) is 7.74. The van der Waals surface area contributed by atoms with Gasteiger partial charge in [-0.05, 0) is 38.0 Å². The molecule has 7 heteroatoms. The summed E-state index contributed by atoms with van der Waals surface area (Å²) >= 11 is 0. The summed E-state index contributed by atoms with van der Waals surface area (Å²) in [7, 11) is 1.99. The van der Waals surface area contributed by atoms with Crippen LogP contribution in [0.3, 0.4) is 0 Å². The van der Waals surface area contributed by atoms with Crippen molar-refractivity contribution < 1.29 is 9.53 Å². The van der Waals surface area contributed by atoms with Crippen molar-refractivity contribution in [2.24, 2.45) is 7.05 Å². The molecule has 146 valence electrons. The van der Waals surface area contributed by atoms with E-state index in [0.29, 0.717) is 0 Å². The van der Waals surface area contributed by atoms with Crippen LogP contribution in [0.15, 0.2) is 24.4 Å². The number of carbonyl (C=O) groups is 1. The first kappa shape index (κ1) is 18.3. The van der Waals surface area contributed by atoms with Gasteiger partial charge in [0.05, 0.1) is 17.5 Å². The van der Waals surface area contributed by atoms with Crippen molar-refractivity contribution in [2.75, 3.05) is 26.2 Å². The van der Waals surface area contributed by atoms with Crippen molar-refractivity contribution in [3.63, 3.8) is 0 Å². The lowest BCUT2D eigenvalue weighted by Crippen LogP contribution is -2.37. The van der Waals surface area contributed by atoms with Gasteiger partial charge in [-0.3, -0.25) is 14.4 Å². The molecule has 0 radical (unpaired) electrons. The van der Waals surface area contributed by atoms with Crippen molar-refractivity contribution in [3.05, 3.63) is 41.5 Å². The van der Waals surface area contributed by atoms with E-state index in [9.17, 15) is 4.79 Å². The maximum atomic E-state index is 12.4. The molecule has 4 heterocycles. The summed E-state index contributed by atoms with van der Waals surface area (Å²) < 4.78 is 10.3. The first-order chi connectivity index (χ1) is 13.1. The van der Waals surface area contributed by atoms with E-state index in [1.807, 2.05) is 23.6 Å². The first-order valence-corrected chi connectivity index (χ1v) is 9.84. The van der Waals surface area contributed by atoms with Gasteiger partial charge in [-0.15, -0.1) is 0 Å². The summed E-state index contributed by atoms with van der Waals surface area (Å²) in [5.41, 5.74) is 3.51. The van der Waals surface area contributed by atoms with Crippen LogP contribution in [0.5, 0.6) is 0 Å². The highest BCUT2D eigenvalue weighted by atomic mass is 16.5. The Morgan fingerprint density at radius 1 is 1.30 bits per heavy atom. The van der Waals surface area contributed by atoms with Gasteiger partial charge < -0.3 is 14.2 Å². The molecule has 2 aromatic rings. The average Bonchev–Trinajstić information content (AvgIpc) is 3.34. The minimum Gasteiger partial charge on any atom is -0.365 e. The summed E-state index contributed by atoms with van der Waals surface area (Å²) in [6.07, 6.45) is 4.32. The smallest absolute Gasteiger partial charge is 0.248 e. The zero-order valence-corrected chi connectivity index (χ0v) is 16.3. The molecule has 0 aliphatic carbocycles. The minimum absolute atomic E-state index is 0.000437. The van der Waals surface area contributed by atoms with Gasteiger partial charge in [-0.2, -0.15) is 5.10 Å². The van der Waals surface area contributed by atoms with Crippen LogP contribution in [0.25, 0.3) is 0 Å². The molecular weight excluding hydrogens is 342 g/mol. The molecular formula is C20H29N5O2. The van der Waals surface area contributed by atoms with Gasteiger partial charge in [0.25, 0.3) is 0 Å². The van der Waals surface area contributed by atoms with E-state index in [2.05, 4.69) is 39.0 Å². The molecule has 0 N–H and O–H groups in total. The summed E-state index contributed by atoms with van der Waals surface area (Å²) in [6.45, 7) is 7.24. The van der Waals surface area contributed by atoms with Gasteiger partial charge in [0, 0.05) is 58.2 Å². The molecule has 4 rings (SSSR count). The van der Waals surface area contributed by atoms with E-state index in [1.54, 1.807) is 0 Å². The van der Waals surface area contributed by atoms with Crippen LogP contribution in [0.1, 0.15) is 29.9 Å². The van der Waals surface area contributed by atoms with Crippen molar-refractivity contribution >= 4 is 5.91 Å².